The molecule has 0 saturated carbocycles. The molecule has 0 fully saturated rings. The number of fused-ring (bicyclic) bond motifs is 2. The van der Waals surface area contributed by atoms with E-state index < -0.39 is 18.5 Å². The van der Waals surface area contributed by atoms with E-state index in [1.54, 1.807) is 6.26 Å². The molecule has 1 atom stereocenters. The van der Waals surface area contributed by atoms with Crippen LogP contribution in [0.25, 0.3) is 22.6 Å². The Labute approximate surface area is 185 Å². The van der Waals surface area contributed by atoms with Crippen molar-refractivity contribution in [1.29, 1.82) is 5.26 Å². The first kappa shape index (κ1) is 21.3. The Kier molecular flexibility index (Phi) is 6.31. The number of hydrogen-bond acceptors (Lipinski definition) is 6. The number of amides is 1. The lowest BCUT2D eigenvalue weighted by atomic mass is 9.81. The van der Waals surface area contributed by atoms with Gasteiger partial charge in [0.05, 0.1) is 35.5 Å². The van der Waals surface area contributed by atoms with Gasteiger partial charge in [0.15, 0.2) is 6.61 Å². The Morgan fingerprint density at radius 2 is 2.12 bits per heavy atom. The zero-order valence-corrected chi connectivity index (χ0v) is 17.8. The van der Waals surface area contributed by atoms with Gasteiger partial charge >= 0.3 is 5.97 Å². The number of aromatic nitrogens is 1. The van der Waals surface area contributed by atoms with Crippen molar-refractivity contribution in [3.05, 3.63) is 65.2 Å². The van der Waals surface area contributed by atoms with Crippen LogP contribution in [0.4, 0.5) is 0 Å². The molecule has 7 heteroatoms. The number of rotatable bonds is 6. The third kappa shape index (κ3) is 4.54. The van der Waals surface area contributed by atoms with Crippen LogP contribution in [0.1, 0.15) is 47.1 Å². The Morgan fingerprint density at radius 3 is 2.91 bits per heavy atom. The number of nitrogens with one attached hydrogen (secondary N) is 1. The molecule has 1 aliphatic carbocycles. The summed E-state index contributed by atoms with van der Waals surface area (Å²) in [5, 5.41) is 11.8. The van der Waals surface area contributed by atoms with Crippen LogP contribution in [0.5, 0.6) is 0 Å². The Bertz CT molecular complexity index is 1220. The fraction of sp³-hybridized carbons (Fsp3) is 0.280. The van der Waals surface area contributed by atoms with E-state index in [4.69, 9.17) is 19.4 Å². The molecule has 1 amide bonds. The molecule has 1 aliphatic rings. The molecular formula is C25H23N3O4. The minimum atomic E-state index is -0.554. The van der Waals surface area contributed by atoms with Gasteiger partial charge in [-0.25, -0.2) is 9.78 Å². The van der Waals surface area contributed by atoms with E-state index in [0.717, 1.165) is 29.0 Å². The first-order valence-electron chi connectivity index (χ1n) is 10.5. The number of esters is 1. The predicted molar refractivity (Wildman–Crippen MR) is 119 cm³/mol. The van der Waals surface area contributed by atoms with Gasteiger partial charge in [0.25, 0.3) is 5.91 Å². The molecule has 1 unspecified atom stereocenters. The quantitative estimate of drug-likeness (QED) is 0.466. The summed E-state index contributed by atoms with van der Waals surface area (Å²) < 4.78 is 10.9. The molecule has 0 saturated heterocycles. The van der Waals surface area contributed by atoms with Crippen LogP contribution < -0.4 is 5.32 Å². The van der Waals surface area contributed by atoms with Crippen LogP contribution in [0.3, 0.4) is 0 Å². The molecule has 2 aromatic heterocycles. The summed E-state index contributed by atoms with van der Waals surface area (Å²) in [7, 11) is 0. The minimum absolute atomic E-state index is 0.199. The van der Waals surface area contributed by atoms with E-state index in [2.05, 4.69) is 12.2 Å². The van der Waals surface area contributed by atoms with Crippen molar-refractivity contribution in [1.82, 2.24) is 10.3 Å². The third-order valence-corrected chi connectivity index (χ3v) is 5.38. The lowest BCUT2D eigenvalue weighted by Gasteiger charge is -2.26. The first-order chi connectivity index (χ1) is 15.6. The summed E-state index contributed by atoms with van der Waals surface area (Å²) in [5.74, 6) is 0.0370. The van der Waals surface area contributed by atoms with Crippen molar-refractivity contribution in [3.63, 3.8) is 0 Å². The lowest BCUT2D eigenvalue weighted by molar-refractivity contribution is -0.124. The molecule has 0 radical (unpaired) electrons. The van der Waals surface area contributed by atoms with Crippen molar-refractivity contribution >= 4 is 34.4 Å². The summed E-state index contributed by atoms with van der Waals surface area (Å²) in [6.07, 6.45) is 5.28. The zero-order chi connectivity index (χ0) is 22.5. The van der Waals surface area contributed by atoms with Gasteiger partial charge in [-0.1, -0.05) is 25.1 Å². The zero-order valence-electron chi connectivity index (χ0n) is 17.8. The van der Waals surface area contributed by atoms with E-state index in [1.807, 2.05) is 48.5 Å². The van der Waals surface area contributed by atoms with Crippen molar-refractivity contribution in [2.45, 2.75) is 26.2 Å². The van der Waals surface area contributed by atoms with Gasteiger partial charge in [0, 0.05) is 11.9 Å². The topological polar surface area (TPSA) is 105 Å². The Hall–Kier alpha value is -3.92. The van der Waals surface area contributed by atoms with Gasteiger partial charge in [-0.2, -0.15) is 5.26 Å². The fourth-order valence-electron chi connectivity index (χ4n) is 4.03. The number of ether oxygens (including phenoxy) is 1. The van der Waals surface area contributed by atoms with Crippen molar-refractivity contribution in [2.24, 2.45) is 5.92 Å². The Morgan fingerprint density at radius 1 is 1.28 bits per heavy atom. The molecule has 3 aromatic rings. The Balaban J connectivity index is 1.72. The third-order valence-electron chi connectivity index (χ3n) is 5.38. The molecule has 162 valence electrons. The lowest BCUT2D eigenvalue weighted by Crippen LogP contribution is -2.30. The molecular weight excluding hydrogens is 406 g/mol. The molecule has 0 aliphatic heterocycles. The van der Waals surface area contributed by atoms with Gasteiger partial charge in [-0.15, -0.1) is 0 Å². The number of pyridine rings is 1. The first-order valence-corrected chi connectivity index (χ1v) is 10.5. The van der Waals surface area contributed by atoms with Gasteiger partial charge in [-0.3, -0.25) is 4.79 Å². The maximum atomic E-state index is 13.2. The monoisotopic (exact) mass is 429 g/mol. The van der Waals surface area contributed by atoms with Gasteiger partial charge in [-0.05, 0) is 54.2 Å². The molecule has 1 N–H and O–H groups in total. The van der Waals surface area contributed by atoms with E-state index >= 15 is 0 Å². The van der Waals surface area contributed by atoms with Crippen molar-refractivity contribution < 1.29 is 18.7 Å². The average molecular weight is 429 g/mol. The number of nitriles is 1. The highest BCUT2D eigenvalue weighted by Crippen LogP contribution is 2.38. The highest BCUT2D eigenvalue weighted by atomic mass is 16.5. The van der Waals surface area contributed by atoms with E-state index in [-0.39, 0.29) is 13.0 Å². The number of allylic oxidation sites excluding steroid dienone is 1. The second-order valence-corrected chi connectivity index (χ2v) is 7.86. The summed E-state index contributed by atoms with van der Waals surface area (Å²) in [5.41, 5.74) is 3.74. The van der Waals surface area contributed by atoms with Crippen LogP contribution in [-0.2, 0) is 16.0 Å². The standard InChI is InChI=1S/C25H23N3O4/c1-16-12-17(14-18-6-4-11-31-18)24-20(13-16)23(19-7-2-3-8-21(19)28-24)25(30)32-15-22(29)27-10-5-9-26/h2-4,6-8,11,14,16H,5,10,12-13,15H2,1H3,(H,27,29)/b17-14+. The molecule has 4 rings (SSSR count). The van der Waals surface area contributed by atoms with Crippen molar-refractivity contribution in [3.8, 4) is 6.07 Å². The molecule has 1 aromatic carbocycles. The molecule has 7 nitrogen and oxygen atoms in total. The van der Waals surface area contributed by atoms with Crippen LogP contribution in [-0.4, -0.2) is 30.0 Å². The van der Waals surface area contributed by atoms with E-state index in [1.165, 1.54) is 0 Å². The summed E-state index contributed by atoms with van der Waals surface area (Å²) in [4.78, 5) is 30.0. The van der Waals surface area contributed by atoms with Gasteiger partial charge in [0.2, 0.25) is 0 Å². The second kappa shape index (κ2) is 9.48. The molecule has 2 heterocycles. The van der Waals surface area contributed by atoms with E-state index in [0.29, 0.717) is 28.8 Å². The summed E-state index contributed by atoms with van der Waals surface area (Å²) in [6.45, 7) is 1.95. The number of hydrogen-bond donors (Lipinski definition) is 1. The summed E-state index contributed by atoms with van der Waals surface area (Å²) >= 11 is 0. The number of carbonyl (C=O) groups excluding carboxylic acids is 2. The number of benzene rings is 1. The minimum Gasteiger partial charge on any atom is -0.465 e. The SMILES string of the molecule is CC1C/C(=C\c2ccco2)c2nc3ccccc3c(C(=O)OCC(=O)NCCC#N)c2C1. The van der Waals surface area contributed by atoms with Crippen LogP contribution >= 0.6 is 0 Å². The average Bonchev–Trinajstić information content (AvgIpc) is 3.29. The highest BCUT2D eigenvalue weighted by molar-refractivity contribution is 6.07. The maximum Gasteiger partial charge on any atom is 0.339 e. The number of furan rings is 1. The molecule has 0 spiro atoms. The van der Waals surface area contributed by atoms with Crippen LogP contribution in [0.2, 0.25) is 0 Å². The van der Waals surface area contributed by atoms with Crippen LogP contribution in [0.15, 0.2) is 47.1 Å². The number of nitrogens with zero attached hydrogens (tertiary/aromatic N) is 2. The van der Waals surface area contributed by atoms with Crippen molar-refractivity contribution in [2.75, 3.05) is 13.2 Å². The van der Waals surface area contributed by atoms with Gasteiger partial charge < -0.3 is 14.5 Å². The largest absolute Gasteiger partial charge is 0.465 e. The van der Waals surface area contributed by atoms with E-state index in [9.17, 15) is 9.59 Å². The number of carbonyl (C=O) groups is 2. The van der Waals surface area contributed by atoms with Gasteiger partial charge in [0.1, 0.15) is 5.76 Å². The predicted octanol–water partition coefficient (Wildman–Crippen LogP) is 4.14. The number of para-hydroxylation sites is 1. The fourth-order valence-corrected chi connectivity index (χ4v) is 4.03. The smallest absolute Gasteiger partial charge is 0.339 e. The van der Waals surface area contributed by atoms with Crippen LogP contribution in [0, 0.1) is 17.2 Å². The maximum absolute atomic E-state index is 13.2. The summed E-state index contributed by atoms with van der Waals surface area (Å²) in [6, 6.07) is 13.1. The normalized spacial score (nSPS) is 16.4. The second-order valence-electron chi connectivity index (χ2n) is 7.86. The highest BCUT2D eigenvalue weighted by Gasteiger charge is 2.29. The molecule has 32 heavy (non-hydrogen) atoms. The molecule has 0 bridgehead atoms.